The second-order valence-corrected chi connectivity index (χ2v) is 5.95. The molecule has 2 nitrogen and oxygen atoms in total. The summed E-state index contributed by atoms with van der Waals surface area (Å²) in [6.07, 6.45) is 0. The summed E-state index contributed by atoms with van der Waals surface area (Å²) in [4.78, 5) is 2.50. The third kappa shape index (κ3) is 2.98. The Kier molecular flexibility index (Phi) is 3.69. The Morgan fingerprint density at radius 1 is 1.41 bits per heavy atom. The van der Waals surface area contributed by atoms with Gasteiger partial charge in [0.2, 0.25) is 0 Å². The van der Waals surface area contributed by atoms with Gasteiger partial charge in [-0.25, -0.2) is 4.39 Å². The topological polar surface area (TPSA) is 38.0 Å². The van der Waals surface area contributed by atoms with Crippen molar-refractivity contribution in [2.45, 2.75) is 13.5 Å². The minimum absolute atomic E-state index is 0.347. The molecule has 2 aromatic rings. The first-order valence-electron chi connectivity index (χ1n) is 5.10. The van der Waals surface area contributed by atoms with Gasteiger partial charge in [0.1, 0.15) is 5.82 Å². The number of rotatable bonds is 3. The Hall–Kier alpha value is -1.07. The standard InChI is InChI=1S/C12H12BrFN2S/c1-7-2-3-8(17-7)6-16-12-4-9(13)10(14)5-11(12)15/h2-5,16H,6,15H2,1H3. The molecule has 1 heterocycles. The van der Waals surface area contributed by atoms with E-state index in [2.05, 4.69) is 40.3 Å². The highest BCUT2D eigenvalue weighted by Gasteiger charge is 2.06. The molecular formula is C12H12BrFN2S. The molecule has 2 rings (SSSR count). The first kappa shape index (κ1) is 12.4. The van der Waals surface area contributed by atoms with Crippen molar-refractivity contribution in [3.8, 4) is 0 Å². The summed E-state index contributed by atoms with van der Waals surface area (Å²) in [5.74, 6) is -0.347. The third-order valence-electron chi connectivity index (χ3n) is 2.34. The largest absolute Gasteiger partial charge is 0.397 e. The van der Waals surface area contributed by atoms with Gasteiger partial charge in [-0.05, 0) is 41.1 Å². The smallest absolute Gasteiger partial charge is 0.139 e. The van der Waals surface area contributed by atoms with Crippen molar-refractivity contribution in [1.29, 1.82) is 0 Å². The lowest BCUT2D eigenvalue weighted by Gasteiger charge is -2.09. The molecule has 0 amide bonds. The van der Waals surface area contributed by atoms with Gasteiger partial charge in [0.25, 0.3) is 0 Å². The van der Waals surface area contributed by atoms with Crippen molar-refractivity contribution in [2.75, 3.05) is 11.1 Å². The second kappa shape index (κ2) is 5.06. The quantitative estimate of drug-likeness (QED) is 0.835. The maximum atomic E-state index is 13.2. The van der Waals surface area contributed by atoms with Gasteiger partial charge in [-0.1, -0.05) is 0 Å². The highest BCUT2D eigenvalue weighted by molar-refractivity contribution is 9.10. The normalized spacial score (nSPS) is 10.5. The van der Waals surface area contributed by atoms with Crippen molar-refractivity contribution >= 4 is 38.6 Å². The number of nitrogen functional groups attached to an aromatic ring is 1. The van der Waals surface area contributed by atoms with E-state index in [0.29, 0.717) is 16.7 Å². The van der Waals surface area contributed by atoms with Crippen LogP contribution in [0.3, 0.4) is 0 Å². The van der Waals surface area contributed by atoms with Gasteiger partial charge < -0.3 is 11.1 Å². The van der Waals surface area contributed by atoms with Crippen LogP contribution in [0, 0.1) is 12.7 Å². The SMILES string of the molecule is Cc1ccc(CNc2cc(Br)c(F)cc2N)s1. The van der Waals surface area contributed by atoms with Gasteiger partial charge in [-0.15, -0.1) is 11.3 Å². The lowest BCUT2D eigenvalue weighted by atomic mass is 10.2. The summed E-state index contributed by atoms with van der Waals surface area (Å²) in [6, 6.07) is 7.12. The molecule has 5 heteroatoms. The van der Waals surface area contributed by atoms with Crippen LogP contribution < -0.4 is 11.1 Å². The number of hydrogen-bond donors (Lipinski definition) is 2. The average Bonchev–Trinajstić information content (AvgIpc) is 2.68. The summed E-state index contributed by atoms with van der Waals surface area (Å²) in [6.45, 7) is 2.76. The number of aryl methyl sites for hydroxylation is 1. The monoisotopic (exact) mass is 314 g/mol. The third-order valence-corrected chi connectivity index (χ3v) is 3.95. The molecule has 17 heavy (non-hydrogen) atoms. The Morgan fingerprint density at radius 3 is 2.82 bits per heavy atom. The number of benzene rings is 1. The molecule has 0 bridgehead atoms. The number of nitrogens with two attached hydrogens (primary N) is 1. The van der Waals surface area contributed by atoms with Crippen molar-refractivity contribution in [3.63, 3.8) is 0 Å². The molecule has 90 valence electrons. The molecule has 1 aromatic carbocycles. The summed E-state index contributed by atoms with van der Waals surface area (Å²) in [7, 11) is 0. The van der Waals surface area contributed by atoms with E-state index in [1.165, 1.54) is 15.8 Å². The molecule has 3 N–H and O–H groups in total. The van der Waals surface area contributed by atoms with Crippen LogP contribution in [-0.4, -0.2) is 0 Å². The first-order chi connectivity index (χ1) is 8.06. The number of anilines is 2. The molecule has 1 aromatic heterocycles. The Labute approximate surface area is 112 Å². The van der Waals surface area contributed by atoms with Gasteiger partial charge in [0, 0.05) is 22.4 Å². The summed E-state index contributed by atoms with van der Waals surface area (Å²) >= 11 is 4.87. The van der Waals surface area contributed by atoms with E-state index in [9.17, 15) is 4.39 Å². The summed E-state index contributed by atoms with van der Waals surface area (Å²) in [5.41, 5.74) is 6.90. The average molecular weight is 315 g/mol. The number of nitrogens with one attached hydrogen (secondary N) is 1. The minimum Gasteiger partial charge on any atom is -0.397 e. The number of thiophene rings is 1. The molecular weight excluding hydrogens is 303 g/mol. The predicted octanol–water partition coefficient (Wildman–Crippen LogP) is 4.15. The molecule has 0 saturated carbocycles. The molecule has 0 aliphatic carbocycles. The van der Waals surface area contributed by atoms with Gasteiger partial charge in [0.15, 0.2) is 0 Å². The fourth-order valence-electron chi connectivity index (χ4n) is 1.48. The van der Waals surface area contributed by atoms with Crippen molar-refractivity contribution < 1.29 is 4.39 Å². The minimum atomic E-state index is -0.347. The van der Waals surface area contributed by atoms with Crippen LogP contribution in [0.4, 0.5) is 15.8 Å². The summed E-state index contributed by atoms with van der Waals surface area (Å²) < 4.78 is 13.6. The van der Waals surface area contributed by atoms with Crippen LogP contribution in [0.15, 0.2) is 28.7 Å². The molecule has 0 spiro atoms. The van der Waals surface area contributed by atoms with Crippen LogP contribution in [-0.2, 0) is 6.54 Å². The van der Waals surface area contributed by atoms with E-state index in [1.54, 1.807) is 17.4 Å². The summed E-state index contributed by atoms with van der Waals surface area (Å²) in [5, 5.41) is 3.20. The lowest BCUT2D eigenvalue weighted by Crippen LogP contribution is -2.02. The van der Waals surface area contributed by atoms with Gasteiger partial charge in [-0.2, -0.15) is 0 Å². The highest BCUT2D eigenvalue weighted by Crippen LogP contribution is 2.27. The zero-order valence-electron chi connectivity index (χ0n) is 9.26. The van der Waals surface area contributed by atoms with E-state index < -0.39 is 0 Å². The zero-order chi connectivity index (χ0) is 12.4. The van der Waals surface area contributed by atoms with Crippen LogP contribution in [0.1, 0.15) is 9.75 Å². The molecule has 0 atom stereocenters. The second-order valence-electron chi connectivity index (χ2n) is 3.72. The molecule has 0 aliphatic rings. The van der Waals surface area contributed by atoms with E-state index >= 15 is 0 Å². The Balaban J connectivity index is 2.11. The first-order valence-corrected chi connectivity index (χ1v) is 6.71. The number of hydrogen-bond acceptors (Lipinski definition) is 3. The van der Waals surface area contributed by atoms with Crippen LogP contribution in [0.25, 0.3) is 0 Å². The maximum absolute atomic E-state index is 13.2. The van der Waals surface area contributed by atoms with E-state index in [0.717, 1.165) is 5.69 Å². The lowest BCUT2D eigenvalue weighted by molar-refractivity contribution is 0.622. The molecule has 0 saturated heterocycles. The molecule has 0 fully saturated rings. The fraction of sp³-hybridized carbons (Fsp3) is 0.167. The van der Waals surface area contributed by atoms with Gasteiger partial charge in [0.05, 0.1) is 15.8 Å². The highest BCUT2D eigenvalue weighted by atomic mass is 79.9. The zero-order valence-corrected chi connectivity index (χ0v) is 11.7. The van der Waals surface area contributed by atoms with Crippen LogP contribution in [0.5, 0.6) is 0 Å². The fourth-order valence-corrected chi connectivity index (χ4v) is 2.65. The molecule has 0 unspecified atom stereocenters. The van der Waals surface area contributed by atoms with Crippen molar-refractivity contribution in [3.05, 3.63) is 44.3 Å². The van der Waals surface area contributed by atoms with Crippen molar-refractivity contribution in [1.82, 2.24) is 0 Å². The van der Waals surface area contributed by atoms with E-state index in [4.69, 9.17) is 5.73 Å². The van der Waals surface area contributed by atoms with E-state index in [-0.39, 0.29) is 5.82 Å². The predicted molar refractivity (Wildman–Crippen MR) is 74.9 cm³/mol. The van der Waals surface area contributed by atoms with Crippen LogP contribution in [0.2, 0.25) is 0 Å². The van der Waals surface area contributed by atoms with Gasteiger partial charge >= 0.3 is 0 Å². The van der Waals surface area contributed by atoms with Crippen molar-refractivity contribution in [2.24, 2.45) is 0 Å². The van der Waals surface area contributed by atoms with Gasteiger partial charge in [-0.3, -0.25) is 0 Å². The van der Waals surface area contributed by atoms with Crippen LogP contribution >= 0.6 is 27.3 Å². The Bertz CT molecular complexity index is 539. The van der Waals surface area contributed by atoms with E-state index in [1.807, 2.05) is 0 Å². The maximum Gasteiger partial charge on any atom is 0.139 e. The molecule has 0 aliphatic heterocycles. The molecule has 0 radical (unpaired) electrons. The Morgan fingerprint density at radius 2 is 2.18 bits per heavy atom. The number of halogens is 2.